The molecule has 0 spiro atoms. The molecule has 1 aliphatic heterocycles. The summed E-state index contributed by atoms with van der Waals surface area (Å²) < 4.78 is 0. The van der Waals surface area contributed by atoms with E-state index in [0.717, 1.165) is 11.3 Å². The molecular formula is C10H16Cl2N4. The Morgan fingerprint density at radius 1 is 1.44 bits per heavy atom. The van der Waals surface area contributed by atoms with Crippen molar-refractivity contribution in [1.82, 2.24) is 10.4 Å². The number of hydrogen-bond acceptors (Lipinski definition) is 4. The van der Waals surface area contributed by atoms with Gasteiger partial charge in [0.05, 0.1) is 11.9 Å². The quantitative estimate of drug-likeness (QED) is 0.811. The summed E-state index contributed by atoms with van der Waals surface area (Å²) in [6.07, 6.45) is 5.52. The number of nitrogens with two attached hydrogens (primary N) is 1. The third-order valence-electron chi connectivity index (χ3n) is 2.42. The topological polar surface area (TPSA) is 54.2 Å². The maximum absolute atomic E-state index is 6.01. The van der Waals surface area contributed by atoms with Gasteiger partial charge >= 0.3 is 0 Å². The zero-order valence-corrected chi connectivity index (χ0v) is 10.8. The second-order valence-electron chi connectivity index (χ2n) is 3.71. The van der Waals surface area contributed by atoms with Crippen molar-refractivity contribution in [1.29, 1.82) is 0 Å². The van der Waals surface area contributed by atoms with E-state index < -0.39 is 5.66 Å². The molecule has 0 saturated carbocycles. The molecule has 90 valence electrons. The summed E-state index contributed by atoms with van der Waals surface area (Å²) in [5.74, 6) is 0. The van der Waals surface area contributed by atoms with Gasteiger partial charge in [0.15, 0.2) is 0 Å². The molecule has 1 atom stereocenters. The molecule has 16 heavy (non-hydrogen) atoms. The normalized spacial score (nSPS) is 23.2. The van der Waals surface area contributed by atoms with Gasteiger partial charge in [0.1, 0.15) is 5.66 Å². The van der Waals surface area contributed by atoms with Gasteiger partial charge in [-0.2, -0.15) is 0 Å². The number of nitrogens with zero attached hydrogens (tertiary/aromatic N) is 2. The summed E-state index contributed by atoms with van der Waals surface area (Å²) >= 11 is 0. The molecule has 0 amide bonds. The zero-order chi connectivity index (χ0) is 10.2. The Morgan fingerprint density at radius 2 is 2.12 bits per heavy atom. The van der Waals surface area contributed by atoms with E-state index in [2.05, 4.69) is 10.4 Å². The molecule has 4 nitrogen and oxygen atoms in total. The molecule has 2 rings (SSSR count). The molecule has 1 unspecified atom stereocenters. The van der Waals surface area contributed by atoms with Crippen LogP contribution < -0.4 is 16.2 Å². The summed E-state index contributed by atoms with van der Waals surface area (Å²) in [5, 5.41) is 1.89. The zero-order valence-electron chi connectivity index (χ0n) is 9.18. The summed E-state index contributed by atoms with van der Waals surface area (Å²) in [4.78, 5) is 4.05. The maximum Gasteiger partial charge on any atom is 0.105 e. The fourth-order valence-electron chi connectivity index (χ4n) is 1.33. The van der Waals surface area contributed by atoms with E-state index in [9.17, 15) is 0 Å². The minimum absolute atomic E-state index is 0. The van der Waals surface area contributed by atoms with Crippen LogP contribution in [0.25, 0.3) is 0 Å². The van der Waals surface area contributed by atoms with Gasteiger partial charge in [0.2, 0.25) is 0 Å². The number of anilines is 1. The van der Waals surface area contributed by atoms with Gasteiger partial charge in [-0.15, -0.1) is 24.8 Å². The third kappa shape index (κ3) is 2.86. The van der Waals surface area contributed by atoms with Crippen molar-refractivity contribution in [2.24, 2.45) is 5.73 Å². The van der Waals surface area contributed by atoms with Crippen molar-refractivity contribution in [2.75, 3.05) is 5.01 Å². The number of rotatable bonds is 1. The van der Waals surface area contributed by atoms with Crippen LogP contribution in [0.4, 0.5) is 5.69 Å². The van der Waals surface area contributed by atoms with E-state index in [1.807, 2.05) is 37.2 Å². The third-order valence-corrected chi connectivity index (χ3v) is 2.42. The van der Waals surface area contributed by atoms with Crippen LogP contribution in [-0.2, 0) is 0 Å². The highest BCUT2D eigenvalue weighted by Gasteiger charge is 2.29. The van der Waals surface area contributed by atoms with Gasteiger partial charge in [-0.1, -0.05) is 0 Å². The molecule has 0 aromatic carbocycles. The van der Waals surface area contributed by atoms with Crippen LogP contribution in [-0.4, -0.2) is 10.6 Å². The summed E-state index contributed by atoms with van der Waals surface area (Å²) in [5.41, 5.74) is 10.8. The molecule has 1 aliphatic rings. The predicted octanol–water partition coefficient (Wildman–Crippen LogP) is 1.83. The Morgan fingerprint density at radius 3 is 2.56 bits per heavy atom. The largest absolute Gasteiger partial charge is 0.309 e. The lowest BCUT2D eigenvalue weighted by Gasteiger charge is -2.24. The lowest BCUT2D eigenvalue weighted by atomic mass is 10.1. The molecule has 6 heteroatoms. The summed E-state index contributed by atoms with van der Waals surface area (Å²) in [6, 6.07) is 3.87. The first kappa shape index (κ1) is 15.2. The monoisotopic (exact) mass is 262 g/mol. The molecule has 1 aromatic heterocycles. The number of hydrogen-bond donors (Lipinski definition) is 2. The molecular weight excluding hydrogens is 247 g/mol. The van der Waals surface area contributed by atoms with Crippen LogP contribution in [0.2, 0.25) is 0 Å². The Bertz CT molecular complexity index is 364. The van der Waals surface area contributed by atoms with Gasteiger partial charge in [-0.05, 0) is 31.6 Å². The van der Waals surface area contributed by atoms with Crippen molar-refractivity contribution in [2.45, 2.75) is 19.5 Å². The van der Waals surface area contributed by atoms with Crippen molar-refractivity contribution >= 4 is 30.5 Å². The highest BCUT2D eigenvalue weighted by molar-refractivity contribution is 5.85. The fraction of sp³-hybridized carbons (Fsp3) is 0.300. The Balaban J connectivity index is 0.00000112. The number of aromatic nitrogens is 1. The molecule has 0 radical (unpaired) electrons. The van der Waals surface area contributed by atoms with Gasteiger partial charge in [0, 0.05) is 12.4 Å². The molecule has 0 fully saturated rings. The molecule has 0 aliphatic carbocycles. The number of pyridine rings is 1. The van der Waals surface area contributed by atoms with Crippen LogP contribution in [0.1, 0.15) is 13.8 Å². The Hall–Kier alpha value is -0.810. The SMILES string of the molecule is CC1=CN(c2cccnc2)NC1(C)N.Cl.Cl. The average Bonchev–Trinajstić information content (AvgIpc) is 2.43. The van der Waals surface area contributed by atoms with E-state index in [4.69, 9.17) is 5.73 Å². The van der Waals surface area contributed by atoms with Crippen LogP contribution in [0.5, 0.6) is 0 Å². The highest BCUT2D eigenvalue weighted by Crippen LogP contribution is 2.22. The molecule has 3 N–H and O–H groups in total. The molecule has 2 heterocycles. The van der Waals surface area contributed by atoms with Crippen LogP contribution in [0, 0.1) is 0 Å². The molecule has 0 bridgehead atoms. The van der Waals surface area contributed by atoms with Gasteiger partial charge in [-0.3, -0.25) is 9.99 Å². The second kappa shape index (κ2) is 5.50. The Kier molecular flexibility index (Phi) is 5.22. The minimum Gasteiger partial charge on any atom is -0.309 e. The fourth-order valence-corrected chi connectivity index (χ4v) is 1.33. The van der Waals surface area contributed by atoms with E-state index >= 15 is 0 Å². The van der Waals surface area contributed by atoms with Gasteiger partial charge in [0.25, 0.3) is 0 Å². The number of hydrazine groups is 1. The van der Waals surface area contributed by atoms with E-state index in [0.29, 0.717) is 0 Å². The standard InChI is InChI=1S/C10H14N4.2ClH/c1-8-7-14(13-10(8,2)11)9-4-3-5-12-6-9;;/h3-7,13H,11H2,1-2H3;2*1H. The number of halogens is 2. The van der Waals surface area contributed by atoms with Crippen molar-refractivity contribution < 1.29 is 0 Å². The van der Waals surface area contributed by atoms with E-state index in [1.54, 1.807) is 12.4 Å². The highest BCUT2D eigenvalue weighted by atomic mass is 35.5. The van der Waals surface area contributed by atoms with Gasteiger partial charge in [-0.25, -0.2) is 5.43 Å². The van der Waals surface area contributed by atoms with Crippen molar-refractivity contribution in [3.8, 4) is 0 Å². The predicted molar refractivity (Wildman–Crippen MR) is 70.7 cm³/mol. The average molecular weight is 263 g/mol. The summed E-state index contributed by atoms with van der Waals surface area (Å²) in [6.45, 7) is 3.94. The van der Waals surface area contributed by atoms with Crippen LogP contribution in [0.3, 0.4) is 0 Å². The first-order valence-corrected chi connectivity index (χ1v) is 4.54. The first-order valence-electron chi connectivity index (χ1n) is 4.54. The molecule has 1 aromatic rings. The maximum atomic E-state index is 6.01. The minimum atomic E-state index is -0.462. The Labute approximate surface area is 108 Å². The van der Waals surface area contributed by atoms with Crippen LogP contribution >= 0.6 is 24.8 Å². The summed E-state index contributed by atoms with van der Waals surface area (Å²) in [7, 11) is 0. The van der Waals surface area contributed by atoms with Crippen molar-refractivity contribution in [3.63, 3.8) is 0 Å². The van der Waals surface area contributed by atoms with E-state index in [-0.39, 0.29) is 24.8 Å². The molecule has 0 saturated heterocycles. The van der Waals surface area contributed by atoms with Crippen LogP contribution in [0.15, 0.2) is 36.3 Å². The number of nitrogens with one attached hydrogen (secondary N) is 1. The lowest BCUT2D eigenvalue weighted by molar-refractivity contribution is 0.465. The lowest BCUT2D eigenvalue weighted by Crippen LogP contribution is -2.52. The van der Waals surface area contributed by atoms with Gasteiger partial charge < -0.3 is 5.73 Å². The smallest absolute Gasteiger partial charge is 0.105 e. The van der Waals surface area contributed by atoms with Crippen molar-refractivity contribution in [3.05, 3.63) is 36.3 Å². The second-order valence-corrected chi connectivity index (χ2v) is 3.71. The first-order chi connectivity index (χ1) is 6.59. The van der Waals surface area contributed by atoms with E-state index in [1.165, 1.54) is 0 Å².